The zero-order valence-electron chi connectivity index (χ0n) is 6.88. The van der Waals surface area contributed by atoms with Gasteiger partial charge in [-0.15, -0.1) is 0 Å². The van der Waals surface area contributed by atoms with Gasteiger partial charge in [-0.2, -0.15) is 0 Å². The van der Waals surface area contributed by atoms with E-state index in [0.717, 1.165) is 0 Å². The van der Waals surface area contributed by atoms with Crippen molar-refractivity contribution in [2.45, 2.75) is 6.92 Å². The Morgan fingerprint density at radius 1 is 1.58 bits per heavy atom. The van der Waals surface area contributed by atoms with Gasteiger partial charge in [0.25, 0.3) is 0 Å². The predicted octanol–water partition coefficient (Wildman–Crippen LogP) is 0.194. The number of rotatable bonds is 3. The summed E-state index contributed by atoms with van der Waals surface area (Å²) in [6.45, 7) is 2.21. The number of hydrogen-bond acceptors (Lipinski definition) is 2. The first-order valence-corrected chi connectivity index (χ1v) is 3.80. The molecule has 1 aromatic rings. The summed E-state index contributed by atoms with van der Waals surface area (Å²) < 4.78 is 17.9. The van der Waals surface area contributed by atoms with Crippen molar-refractivity contribution in [3.05, 3.63) is 24.0 Å². The number of benzene rings is 1. The summed E-state index contributed by atoms with van der Waals surface area (Å²) in [5.41, 5.74) is 0.653. The van der Waals surface area contributed by atoms with E-state index in [1.165, 1.54) is 18.2 Å². The molecule has 1 N–H and O–H groups in total. The van der Waals surface area contributed by atoms with Crippen LogP contribution in [0.25, 0.3) is 0 Å². The molecule has 0 fully saturated rings. The number of ether oxygens (including phenoxy) is 1. The number of halogens is 1. The third-order valence-electron chi connectivity index (χ3n) is 1.48. The van der Waals surface area contributed by atoms with Crippen LogP contribution in [0.5, 0.6) is 5.75 Å². The molecule has 1 rings (SSSR count). The van der Waals surface area contributed by atoms with E-state index in [2.05, 4.69) is 0 Å². The van der Waals surface area contributed by atoms with Crippen molar-refractivity contribution in [3.8, 4) is 5.75 Å². The molecule has 64 valence electrons. The Hall–Kier alpha value is -1.03. The molecule has 0 heterocycles. The van der Waals surface area contributed by atoms with Gasteiger partial charge in [0.2, 0.25) is 0 Å². The molecule has 0 spiro atoms. The highest BCUT2D eigenvalue weighted by molar-refractivity contribution is 6.45. The molecule has 0 aliphatic rings. The van der Waals surface area contributed by atoms with E-state index in [1.54, 1.807) is 6.92 Å². The lowest BCUT2D eigenvalue weighted by Crippen LogP contribution is -2.13. The maximum atomic E-state index is 12.9. The van der Waals surface area contributed by atoms with Gasteiger partial charge >= 0.3 is 7.48 Å². The van der Waals surface area contributed by atoms with Crippen LogP contribution >= 0.6 is 0 Å². The molecule has 1 aromatic carbocycles. The van der Waals surface area contributed by atoms with Crippen LogP contribution in [0.4, 0.5) is 4.39 Å². The second kappa shape index (κ2) is 4.11. The summed E-state index contributed by atoms with van der Waals surface area (Å²) in [6.07, 6.45) is 0. The van der Waals surface area contributed by atoms with Crippen molar-refractivity contribution in [2.75, 3.05) is 6.61 Å². The summed E-state index contributed by atoms with van der Waals surface area (Å²) in [7, 11) is -0.0969. The third kappa shape index (κ3) is 1.98. The van der Waals surface area contributed by atoms with Crippen LogP contribution in [0.1, 0.15) is 6.92 Å². The van der Waals surface area contributed by atoms with Crippen molar-refractivity contribution in [2.24, 2.45) is 0 Å². The highest BCUT2D eigenvalue weighted by Crippen LogP contribution is 2.13. The van der Waals surface area contributed by atoms with Gasteiger partial charge in [-0.1, -0.05) is 6.07 Å². The molecule has 2 nitrogen and oxygen atoms in total. The van der Waals surface area contributed by atoms with Gasteiger partial charge in [0.15, 0.2) is 11.6 Å². The fraction of sp³-hybridized carbons (Fsp3) is 0.250. The van der Waals surface area contributed by atoms with Gasteiger partial charge in [-0.25, -0.2) is 4.39 Å². The van der Waals surface area contributed by atoms with Gasteiger partial charge in [-0.3, -0.25) is 0 Å². The summed E-state index contributed by atoms with van der Waals surface area (Å²) in [6, 6.07) is 4.31. The fourth-order valence-corrected chi connectivity index (χ4v) is 0.912. The van der Waals surface area contributed by atoms with E-state index in [1.807, 2.05) is 0 Å². The van der Waals surface area contributed by atoms with Crippen molar-refractivity contribution >= 4 is 12.9 Å². The van der Waals surface area contributed by atoms with E-state index in [9.17, 15) is 4.39 Å². The molecule has 0 saturated carbocycles. The van der Waals surface area contributed by atoms with Crippen LogP contribution in [0.2, 0.25) is 0 Å². The first-order valence-electron chi connectivity index (χ1n) is 3.80. The van der Waals surface area contributed by atoms with E-state index in [0.29, 0.717) is 12.1 Å². The molecule has 0 amide bonds. The molecule has 0 aliphatic carbocycles. The monoisotopic (exact) mass is 168 g/mol. The van der Waals surface area contributed by atoms with Crippen LogP contribution in [0, 0.1) is 5.82 Å². The SMILES string of the molecule is CCOc1cc(BO)ccc1F. The molecular weight excluding hydrogens is 158 g/mol. The van der Waals surface area contributed by atoms with Gasteiger partial charge in [0, 0.05) is 0 Å². The Labute approximate surface area is 71.3 Å². The van der Waals surface area contributed by atoms with Crippen molar-refractivity contribution in [1.29, 1.82) is 0 Å². The fourth-order valence-electron chi connectivity index (χ4n) is 0.912. The first kappa shape index (κ1) is 9.07. The Kier molecular flexibility index (Phi) is 3.11. The van der Waals surface area contributed by atoms with E-state index < -0.39 is 5.82 Å². The summed E-state index contributed by atoms with van der Waals surface area (Å²) in [5.74, 6) is -0.196. The molecule has 0 saturated heterocycles. The molecule has 4 heteroatoms. The van der Waals surface area contributed by atoms with E-state index in [4.69, 9.17) is 9.76 Å². The maximum Gasteiger partial charge on any atom is 0.304 e. The molecule has 0 unspecified atom stereocenters. The highest BCUT2D eigenvalue weighted by atomic mass is 19.1. The highest BCUT2D eigenvalue weighted by Gasteiger charge is 2.03. The third-order valence-corrected chi connectivity index (χ3v) is 1.48. The Balaban J connectivity index is 2.91. The van der Waals surface area contributed by atoms with Crippen LogP contribution in [-0.2, 0) is 0 Å². The minimum Gasteiger partial charge on any atom is -0.491 e. The number of hydrogen-bond donors (Lipinski definition) is 1. The molecule has 0 atom stereocenters. The smallest absolute Gasteiger partial charge is 0.304 e. The lowest BCUT2D eigenvalue weighted by molar-refractivity contribution is 0.322. The minimum absolute atomic E-state index is 0.0969. The van der Waals surface area contributed by atoms with E-state index in [-0.39, 0.29) is 13.2 Å². The second-order valence-electron chi connectivity index (χ2n) is 2.36. The second-order valence-corrected chi connectivity index (χ2v) is 2.36. The van der Waals surface area contributed by atoms with Gasteiger partial charge in [0.05, 0.1) is 6.61 Å². The zero-order chi connectivity index (χ0) is 8.97. The van der Waals surface area contributed by atoms with Crippen molar-refractivity contribution in [1.82, 2.24) is 0 Å². The van der Waals surface area contributed by atoms with Crippen LogP contribution in [-0.4, -0.2) is 19.1 Å². The van der Waals surface area contributed by atoms with Crippen molar-refractivity contribution < 1.29 is 14.2 Å². The van der Waals surface area contributed by atoms with Gasteiger partial charge in [-0.05, 0) is 24.5 Å². The minimum atomic E-state index is -0.394. The normalized spacial score (nSPS) is 9.58. The van der Waals surface area contributed by atoms with Crippen molar-refractivity contribution in [3.63, 3.8) is 0 Å². The van der Waals surface area contributed by atoms with Gasteiger partial charge < -0.3 is 9.76 Å². The standard InChI is InChI=1S/C8H10BFO2/c1-2-12-8-5-6(9-11)3-4-7(8)10/h3-5,9,11H,2H2,1H3. The first-order chi connectivity index (χ1) is 5.77. The maximum absolute atomic E-state index is 12.9. The lowest BCUT2D eigenvalue weighted by atomic mass is 9.89. The quantitative estimate of drug-likeness (QED) is 0.653. The molecular formula is C8H10BFO2. The predicted molar refractivity (Wildman–Crippen MR) is 46.6 cm³/mol. The summed E-state index contributed by atoms with van der Waals surface area (Å²) >= 11 is 0. The average molecular weight is 168 g/mol. The Morgan fingerprint density at radius 3 is 2.92 bits per heavy atom. The molecule has 0 bridgehead atoms. The lowest BCUT2D eigenvalue weighted by Gasteiger charge is -2.04. The zero-order valence-corrected chi connectivity index (χ0v) is 6.88. The Bertz CT molecular complexity index is 265. The summed E-state index contributed by atoms with van der Waals surface area (Å²) in [4.78, 5) is 0. The molecule has 0 aliphatic heterocycles. The topological polar surface area (TPSA) is 29.5 Å². The largest absolute Gasteiger partial charge is 0.491 e. The van der Waals surface area contributed by atoms with Crippen LogP contribution in [0.15, 0.2) is 18.2 Å². The van der Waals surface area contributed by atoms with E-state index >= 15 is 0 Å². The van der Waals surface area contributed by atoms with Gasteiger partial charge in [0.1, 0.15) is 0 Å². The Morgan fingerprint density at radius 2 is 2.33 bits per heavy atom. The molecule has 0 aromatic heterocycles. The van der Waals surface area contributed by atoms with Crippen LogP contribution in [0.3, 0.4) is 0 Å². The molecule has 12 heavy (non-hydrogen) atoms. The average Bonchev–Trinajstić information content (AvgIpc) is 2.09. The summed E-state index contributed by atoms with van der Waals surface area (Å²) in [5, 5.41) is 8.74. The van der Waals surface area contributed by atoms with Crippen LogP contribution < -0.4 is 10.2 Å². The molecule has 0 radical (unpaired) electrons.